The number of halogens is 1. The first-order chi connectivity index (χ1) is 6.72. The van der Waals surface area contributed by atoms with Crippen LogP contribution < -0.4 is 5.32 Å². The van der Waals surface area contributed by atoms with Crippen LogP contribution in [0.5, 0.6) is 0 Å². The van der Waals surface area contributed by atoms with Crippen molar-refractivity contribution < 1.29 is 4.79 Å². The predicted molar refractivity (Wildman–Crippen MR) is 60.8 cm³/mol. The van der Waals surface area contributed by atoms with Gasteiger partial charge in [-0.1, -0.05) is 19.8 Å². The highest BCUT2D eigenvalue weighted by atomic mass is 79.9. The molecule has 0 aliphatic heterocycles. The molecule has 1 amide bonds. The van der Waals surface area contributed by atoms with Gasteiger partial charge in [0.05, 0.1) is 0 Å². The Morgan fingerprint density at radius 2 is 2.07 bits per heavy atom. The van der Waals surface area contributed by atoms with Crippen LogP contribution in [0.15, 0.2) is 0 Å². The maximum absolute atomic E-state index is 11.0. The van der Waals surface area contributed by atoms with Gasteiger partial charge in [-0.05, 0) is 29.5 Å². The number of carbonyl (C=O) groups is 1. The van der Waals surface area contributed by atoms with E-state index >= 15 is 0 Å². The molecule has 0 bridgehead atoms. The number of hydrogen-bond donors (Lipinski definition) is 1. The van der Waals surface area contributed by atoms with Gasteiger partial charge in [-0.3, -0.25) is 4.79 Å². The standard InChI is InChI=1S/C11H16BrNO/c1-9-2-4-10(5-3-9)8-13-11(14)6-7-12/h9-10H,2-5,8H2,1H3,(H,13,14). The fraction of sp³-hybridized carbons (Fsp3) is 0.727. The lowest BCUT2D eigenvalue weighted by atomic mass is 9.83. The van der Waals surface area contributed by atoms with E-state index in [0.717, 1.165) is 12.5 Å². The second-order valence-corrected chi connectivity index (χ2v) is 4.45. The molecule has 1 aliphatic carbocycles. The summed E-state index contributed by atoms with van der Waals surface area (Å²) in [6.45, 7) is 3.08. The van der Waals surface area contributed by atoms with Crippen molar-refractivity contribution >= 4 is 21.8 Å². The number of nitrogens with one attached hydrogen (secondary N) is 1. The highest BCUT2D eigenvalue weighted by Crippen LogP contribution is 2.27. The van der Waals surface area contributed by atoms with Crippen LogP contribution in [0.25, 0.3) is 0 Å². The smallest absolute Gasteiger partial charge is 0.296 e. The second kappa shape index (κ2) is 6.08. The molecule has 0 atom stereocenters. The summed E-state index contributed by atoms with van der Waals surface area (Å²) in [5, 5.41) is 2.83. The van der Waals surface area contributed by atoms with Crippen molar-refractivity contribution in [3.8, 4) is 10.8 Å². The summed E-state index contributed by atoms with van der Waals surface area (Å²) >= 11 is 2.90. The Bertz CT molecular complexity index is 246. The Balaban J connectivity index is 2.18. The maximum atomic E-state index is 11.0. The monoisotopic (exact) mass is 257 g/mol. The third kappa shape index (κ3) is 4.15. The third-order valence-corrected chi connectivity index (χ3v) is 3.05. The molecule has 1 rings (SSSR count). The molecule has 1 N–H and O–H groups in total. The second-order valence-electron chi connectivity index (χ2n) is 4.06. The summed E-state index contributed by atoms with van der Waals surface area (Å²) in [7, 11) is 0. The molecular weight excluding hydrogens is 242 g/mol. The largest absolute Gasteiger partial charge is 0.345 e. The average Bonchev–Trinajstić information content (AvgIpc) is 2.17. The predicted octanol–water partition coefficient (Wildman–Crippen LogP) is 2.28. The Kier molecular flexibility index (Phi) is 5.03. The molecule has 0 aromatic rings. The van der Waals surface area contributed by atoms with Gasteiger partial charge in [-0.2, -0.15) is 0 Å². The van der Waals surface area contributed by atoms with Crippen LogP contribution in [0.4, 0.5) is 0 Å². The summed E-state index contributed by atoms with van der Waals surface area (Å²) in [4.78, 5) is 13.4. The zero-order valence-electron chi connectivity index (χ0n) is 8.48. The minimum Gasteiger partial charge on any atom is -0.345 e. The summed E-state index contributed by atoms with van der Waals surface area (Å²) in [5.74, 6) is 3.75. The van der Waals surface area contributed by atoms with Crippen LogP contribution in [0.2, 0.25) is 0 Å². The molecule has 3 heteroatoms. The molecule has 0 unspecified atom stereocenters. The van der Waals surface area contributed by atoms with Crippen LogP contribution in [0, 0.1) is 22.6 Å². The molecule has 2 nitrogen and oxygen atoms in total. The van der Waals surface area contributed by atoms with E-state index in [1.807, 2.05) is 0 Å². The van der Waals surface area contributed by atoms with Gasteiger partial charge in [0.15, 0.2) is 0 Å². The summed E-state index contributed by atoms with van der Waals surface area (Å²) in [5.41, 5.74) is 0. The van der Waals surface area contributed by atoms with E-state index in [-0.39, 0.29) is 5.91 Å². The lowest BCUT2D eigenvalue weighted by Crippen LogP contribution is -2.30. The summed E-state index contributed by atoms with van der Waals surface area (Å²) in [6.07, 6.45) is 5.07. The van der Waals surface area contributed by atoms with Gasteiger partial charge in [-0.25, -0.2) is 0 Å². The SMILES string of the molecule is CC1CCC(CNC(=O)C#CBr)CC1. The van der Waals surface area contributed by atoms with E-state index in [4.69, 9.17) is 0 Å². The van der Waals surface area contributed by atoms with Gasteiger partial charge in [0.1, 0.15) is 0 Å². The van der Waals surface area contributed by atoms with E-state index in [0.29, 0.717) is 5.92 Å². The minimum atomic E-state index is -0.180. The zero-order valence-corrected chi connectivity index (χ0v) is 10.1. The Hall–Kier alpha value is -0.490. The van der Waals surface area contributed by atoms with Gasteiger partial charge >= 0.3 is 0 Å². The maximum Gasteiger partial charge on any atom is 0.296 e. The van der Waals surface area contributed by atoms with Gasteiger partial charge in [0.2, 0.25) is 0 Å². The van der Waals surface area contributed by atoms with Crippen LogP contribution in [-0.2, 0) is 4.79 Å². The Labute approximate surface area is 94.0 Å². The Morgan fingerprint density at radius 1 is 1.43 bits per heavy atom. The quantitative estimate of drug-likeness (QED) is 0.756. The van der Waals surface area contributed by atoms with Gasteiger partial charge in [0, 0.05) is 28.4 Å². The molecule has 1 saturated carbocycles. The first kappa shape index (κ1) is 11.6. The molecule has 0 spiro atoms. The lowest BCUT2D eigenvalue weighted by molar-refractivity contribution is -0.115. The minimum absolute atomic E-state index is 0.180. The summed E-state index contributed by atoms with van der Waals surface area (Å²) < 4.78 is 0. The molecule has 0 aromatic carbocycles. The number of rotatable bonds is 2. The molecule has 1 fully saturated rings. The molecule has 14 heavy (non-hydrogen) atoms. The van der Waals surface area contributed by atoms with E-state index in [2.05, 4.69) is 38.9 Å². The van der Waals surface area contributed by atoms with Crippen LogP contribution in [-0.4, -0.2) is 12.5 Å². The van der Waals surface area contributed by atoms with Crippen molar-refractivity contribution in [3.05, 3.63) is 0 Å². The summed E-state index contributed by atoms with van der Waals surface area (Å²) in [6, 6.07) is 0. The topological polar surface area (TPSA) is 29.1 Å². The van der Waals surface area contributed by atoms with E-state index in [1.54, 1.807) is 0 Å². The fourth-order valence-corrected chi connectivity index (χ4v) is 2.04. The lowest BCUT2D eigenvalue weighted by Gasteiger charge is -2.25. The van der Waals surface area contributed by atoms with Gasteiger partial charge in [-0.15, -0.1) is 0 Å². The van der Waals surface area contributed by atoms with E-state index in [1.165, 1.54) is 25.7 Å². The van der Waals surface area contributed by atoms with Crippen LogP contribution in [0.1, 0.15) is 32.6 Å². The van der Waals surface area contributed by atoms with Crippen molar-refractivity contribution in [2.24, 2.45) is 11.8 Å². The number of carbonyl (C=O) groups excluding carboxylic acids is 1. The normalized spacial score (nSPS) is 26.1. The third-order valence-electron chi connectivity index (χ3n) is 2.85. The molecule has 78 valence electrons. The van der Waals surface area contributed by atoms with E-state index in [9.17, 15) is 4.79 Å². The highest BCUT2D eigenvalue weighted by Gasteiger charge is 2.18. The average molecular weight is 258 g/mol. The van der Waals surface area contributed by atoms with Crippen molar-refractivity contribution in [1.29, 1.82) is 0 Å². The van der Waals surface area contributed by atoms with Crippen molar-refractivity contribution in [2.45, 2.75) is 32.6 Å². The number of amides is 1. The molecular formula is C11H16BrNO. The number of hydrogen-bond acceptors (Lipinski definition) is 1. The first-order valence-electron chi connectivity index (χ1n) is 5.12. The zero-order chi connectivity index (χ0) is 10.4. The van der Waals surface area contributed by atoms with Crippen LogP contribution >= 0.6 is 15.9 Å². The van der Waals surface area contributed by atoms with Gasteiger partial charge in [0.25, 0.3) is 5.91 Å². The molecule has 0 aromatic heterocycles. The van der Waals surface area contributed by atoms with E-state index < -0.39 is 0 Å². The Morgan fingerprint density at radius 3 is 2.64 bits per heavy atom. The van der Waals surface area contributed by atoms with Crippen molar-refractivity contribution in [3.63, 3.8) is 0 Å². The first-order valence-corrected chi connectivity index (χ1v) is 5.91. The molecule has 1 aliphatic rings. The van der Waals surface area contributed by atoms with Crippen molar-refractivity contribution in [1.82, 2.24) is 5.32 Å². The van der Waals surface area contributed by atoms with Crippen molar-refractivity contribution in [2.75, 3.05) is 6.54 Å². The molecule has 0 saturated heterocycles. The highest BCUT2D eigenvalue weighted by molar-refractivity contribution is 9.12. The van der Waals surface area contributed by atoms with Crippen LogP contribution in [0.3, 0.4) is 0 Å². The fourth-order valence-electron chi connectivity index (χ4n) is 1.86. The molecule has 0 radical (unpaired) electrons. The van der Waals surface area contributed by atoms with Gasteiger partial charge < -0.3 is 5.32 Å². The molecule has 0 heterocycles.